The van der Waals surface area contributed by atoms with Gasteiger partial charge in [0.2, 0.25) is 5.69 Å². The highest BCUT2D eigenvalue weighted by molar-refractivity contribution is 9.12. The Hall–Kier alpha value is -2.12. The van der Waals surface area contributed by atoms with Crippen LogP contribution < -0.4 is 5.73 Å². The number of allylic oxidation sites excluding steroid dienone is 1. The van der Waals surface area contributed by atoms with Gasteiger partial charge in [0.05, 0.1) is 16.8 Å². The molecule has 0 unspecified atom stereocenters. The van der Waals surface area contributed by atoms with E-state index >= 15 is 0 Å². The zero-order chi connectivity index (χ0) is 13.8. The van der Waals surface area contributed by atoms with Crippen molar-refractivity contribution in [3.63, 3.8) is 0 Å². The summed E-state index contributed by atoms with van der Waals surface area (Å²) in [5.74, 6) is 0. The normalized spacial score (nSPS) is 12.5. The van der Waals surface area contributed by atoms with E-state index in [-0.39, 0.29) is 0 Å². The molecule has 0 aliphatic carbocycles. The van der Waals surface area contributed by atoms with E-state index in [9.17, 15) is 0 Å². The average Bonchev–Trinajstić information content (AvgIpc) is 2.47. The minimum atomic E-state index is 0.595. The van der Waals surface area contributed by atoms with Crippen molar-refractivity contribution < 1.29 is 0 Å². The highest BCUT2D eigenvalue weighted by atomic mass is 79.9. The third-order valence-electron chi connectivity index (χ3n) is 2.86. The second-order valence-corrected chi connectivity index (χ2v) is 4.74. The quantitative estimate of drug-likeness (QED) is 0.660. The molecule has 0 heterocycles. The van der Waals surface area contributed by atoms with Crippen LogP contribution >= 0.6 is 15.9 Å². The van der Waals surface area contributed by atoms with E-state index in [1.165, 1.54) is 6.20 Å². The van der Waals surface area contributed by atoms with E-state index in [0.717, 1.165) is 16.3 Å². The first kappa shape index (κ1) is 13.3. The Kier molecular flexibility index (Phi) is 3.98. The summed E-state index contributed by atoms with van der Waals surface area (Å²) in [5, 5.41) is 1.97. The minimum absolute atomic E-state index is 0.595. The second kappa shape index (κ2) is 5.68. The third-order valence-corrected chi connectivity index (χ3v) is 3.50. The molecule has 2 N–H and O–H groups in total. The Labute approximate surface area is 120 Å². The van der Waals surface area contributed by atoms with Crippen molar-refractivity contribution in [1.82, 2.24) is 0 Å². The lowest BCUT2D eigenvalue weighted by Gasteiger charge is -2.09. The molecule has 0 aliphatic rings. The number of hydrogen-bond acceptors (Lipinski definition) is 2. The molecule has 0 fully saturated rings. The van der Waals surface area contributed by atoms with Crippen LogP contribution in [-0.2, 0) is 0 Å². The lowest BCUT2D eigenvalue weighted by molar-refractivity contribution is 1.43. The van der Waals surface area contributed by atoms with E-state index in [4.69, 9.17) is 12.3 Å². The summed E-state index contributed by atoms with van der Waals surface area (Å²) in [6, 6.07) is 11.7. The summed E-state index contributed by atoms with van der Waals surface area (Å²) in [5.41, 5.74) is 7.58. The van der Waals surface area contributed by atoms with Crippen molar-refractivity contribution in [3.05, 3.63) is 64.1 Å². The molecule has 0 saturated carbocycles. The molecule has 2 rings (SSSR count). The molecule has 3 nitrogen and oxygen atoms in total. The first-order valence-corrected chi connectivity index (χ1v) is 6.46. The van der Waals surface area contributed by atoms with Crippen LogP contribution in [0.25, 0.3) is 15.6 Å². The SMILES string of the molecule is [C-]#[N+]c1c(C(=NC)C(Br)=CN)ccc2ccccc12. The van der Waals surface area contributed by atoms with Gasteiger partial charge in [-0.1, -0.05) is 36.4 Å². The molecule has 0 atom stereocenters. The van der Waals surface area contributed by atoms with Crippen LogP contribution in [0.15, 0.2) is 52.1 Å². The molecule has 0 radical (unpaired) electrons. The molecule has 0 aromatic heterocycles. The number of halogens is 1. The molecule has 4 heteroatoms. The van der Waals surface area contributed by atoms with E-state index in [2.05, 4.69) is 25.8 Å². The van der Waals surface area contributed by atoms with Crippen molar-refractivity contribution in [2.45, 2.75) is 0 Å². The van der Waals surface area contributed by atoms with Crippen molar-refractivity contribution in [1.29, 1.82) is 0 Å². The maximum atomic E-state index is 7.44. The van der Waals surface area contributed by atoms with Crippen LogP contribution in [0.3, 0.4) is 0 Å². The summed E-state index contributed by atoms with van der Waals surface area (Å²) >= 11 is 3.37. The van der Waals surface area contributed by atoms with Crippen LogP contribution in [-0.4, -0.2) is 12.8 Å². The Morgan fingerprint density at radius 2 is 2.05 bits per heavy atom. The van der Waals surface area contributed by atoms with Crippen molar-refractivity contribution in [2.24, 2.45) is 10.7 Å². The van der Waals surface area contributed by atoms with Crippen molar-refractivity contribution >= 4 is 38.1 Å². The fourth-order valence-electron chi connectivity index (χ4n) is 2.00. The van der Waals surface area contributed by atoms with Gasteiger partial charge in [0.25, 0.3) is 0 Å². The largest absolute Gasteiger partial charge is 0.404 e. The number of aliphatic imine (C=N–C) groups is 1. The van der Waals surface area contributed by atoms with Gasteiger partial charge in [-0.3, -0.25) is 4.99 Å². The number of fused-ring (bicyclic) bond motifs is 1. The van der Waals surface area contributed by atoms with Gasteiger partial charge in [-0.05, 0) is 26.7 Å². The van der Waals surface area contributed by atoms with Crippen LogP contribution in [0.1, 0.15) is 5.56 Å². The summed E-state index contributed by atoms with van der Waals surface area (Å²) in [7, 11) is 1.68. The van der Waals surface area contributed by atoms with Gasteiger partial charge in [0.15, 0.2) is 0 Å². The van der Waals surface area contributed by atoms with Gasteiger partial charge in [0.1, 0.15) is 0 Å². The van der Waals surface area contributed by atoms with Crippen molar-refractivity contribution in [2.75, 3.05) is 7.05 Å². The molecule has 94 valence electrons. The standard InChI is InChI=1S/C15H12BrN3/c1-18-14-11-6-4-3-5-10(11)7-8-12(14)15(19-2)13(16)9-17/h3-9H,17H2,2H3. The summed E-state index contributed by atoms with van der Waals surface area (Å²) < 4.78 is 0.676. The zero-order valence-electron chi connectivity index (χ0n) is 10.4. The smallest absolute Gasteiger partial charge is 0.204 e. The lowest BCUT2D eigenvalue weighted by Crippen LogP contribution is -2.03. The van der Waals surface area contributed by atoms with Crippen LogP contribution in [0.5, 0.6) is 0 Å². The fourth-order valence-corrected chi connectivity index (χ4v) is 2.39. The first-order valence-electron chi connectivity index (χ1n) is 5.67. The predicted molar refractivity (Wildman–Crippen MR) is 83.9 cm³/mol. The molecule has 0 aliphatic heterocycles. The number of benzene rings is 2. The molecule has 0 saturated heterocycles. The summed E-state index contributed by atoms with van der Waals surface area (Å²) in [4.78, 5) is 7.89. The van der Waals surface area contributed by atoms with E-state index in [0.29, 0.717) is 15.9 Å². The highest BCUT2D eigenvalue weighted by Gasteiger charge is 2.14. The Morgan fingerprint density at radius 1 is 1.32 bits per heavy atom. The molecule has 2 aromatic rings. The Balaban J connectivity index is 2.79. The Bertz CT molecular complexity index is 724. The van der Waals surface area contributed by atoms with Crippen LogP contribution in [0, 0.1) is 6.57 Å². The summed E-state index contributed by atoms with van der Waals surface area (Å²) in [6.45, 7) is 7.44. The number of hydrogen-bond donors (Lipinski definition) is 1. The molecular formula is C15H12BrN3. The van der Waals surface area contributed by atoms with Gasteiger partial charge in [-0.15, -0.1) is 0 Å². The van der Waals surface area contributed by atoms with E-state index < -0.39 is 0 Å². The Morgan fingerprint density at radius 3 is 2.68 bits per heavy atom. The molecule has 2 aromatic carbocycles. The van der Waals surface area contributed by atoms with Gasteiger partial charge < -0.3 is 5.73 Å². The van der Waals surface area contributed by atoms with Crippen LogP contribution in [0.2, 0.25) is 0 Å². The fraction of sp³-hybridized carbons (Fsp3) is 0.0667. The van der Waals surface area contributed by atoms with Gasteiger partial charge in [0, 0.05) is 18.8 Å². The van der Waals surface area contributed by atoms with Gasteiger partial charge in [-0.2, -0.15) is 0 Å². The van der Waals surface area contributed by atoms with Crippen LogP contribution in [0.4, 0.5) is 5.69 Å². The van der Waals surface area contributed by atoms with E-state index in [1.54, 1.807) is 7.05 Å². The molecular weight excluding hydrogens is 302 g/mol. The molecule has 19 heavy (non-hydrogen) atoms. The predicted octanol–water partition coefficient (Wildman–Crippen LogP) is 4.00. The third kappa shape index (κ3) is 2.38. The number of nitrogens with zero attached hydrogens (tertiary/aromatic N) is 2. The highest BCUT2D eigenvalue weighted by Crippen LogP contribution is 2.32. The molecule has 0 amide bonds. The minimum Gasteiger partial charge on any atom is -0.404 e. The zero-order valence-corrected chi connectivity index (χ0v) is 12.0. The summed E-state index contributed by atoms with van der Waals surface area (Å²) in [6.07, 6.45) is 1.44. The second-order valence-electron chi connectivity index (χ2n) is 3.88. The van der Waals surface area contributed by atoms with Crippen molar-refractivity contribution in [3.8, 4) is 0 Å². The monoisotopic (exact) mass is 313 g/mol. The lowest BCUT2D eigenvalue weighted by atomic mass is 10.0. The molecule has 0 spiro atoms. The molecule has 0 bridgehead atoms. The maximum Gasteiger partial charge on any atom is 0.204 e. The van der Waals surface area contributed by atoms with E-state index in [1.807, 2.05) is 36.4 Å². The first-order chi connectivity index (χ1) is 9.22. The van der Waals surface area contributed by atoms with Gasteiger partial charge >= 0.3 is 0 Å². The maximum absolute atomic E-state index is 7.44. The number of nitrogens with two attached hydrogens (primary N) is 1. The number of rotatable bonds is 2. The topological polar surface area (TPSA) is 42.7 Å². The average molecular weight is 314 g/mol. The van der Waals surface area contributed by atoms with Gasteiger partial charge in [-0.25, -0.2) is 4.85 Å².